The van der Waals surface area contributed by atoms with E-state index in [0.29, 0.717) is 5.02 Å². The summed E-state index contributed by atoms with van der Waals surface area (Å²) in [7, 11) is 0. The van der Waals surface area contributed by atoms with Gasteiger partial charge in [-0.2, -0.15) is 0 Å². The third-order valence-electron chi connectivity index (χ3n) is 5.45. The largest absolute Gasteiger partial charge is 0.324 e. The van der Waals surface area contributed by atoms with E-state index in [1.54, 1.807) is 6.08 Å². The second kappa shape index (κ2) is 9.48. The monoisotopic (exact) mass is 497 g/mol. The molecule has 1 N–H and O–H groups in total. The number of carbonyl (C=O) groups excluding carboxylic acids is 3. The van der Waals surface area contributed by atoms with E-state index >= 15 is 0 Å². The molecule has 3 aromatic rings. The first-order chi connectivity index (χ1) is 16.1. The maximum Gasteiger partial charge on any atom is 0.294 e. The van der Waals surface area contributed by atoms with Crippen molar-refractivity contribution >= 4 is 52.2 Å². The predicted octanol–water partition coefficient (Wildman–Crippen LogP) is 5.87. The number of halogens is 2. The van der Waals surface area contributed by atoms with E-state index in [-0.39, 0.29) is 10.6 Å². The summed E-state index contributed by atoms with van der Waals surface area (Å²) in [5.74, 6) is -1.64. The van der Waals surface area contributed by atoms with Gasteiger partial charge in [0.05, 0.1) is 4.91 Å². The van der Waals surface area contributed by atoms with Gasteiger partial charge in [-0.05, 0) is 86.1 Å². The average molecular weight is 498 g/mol. The summed E-state index contributed by atoms with van der Waals surface area (Å²) in [6.45, 7) is 5.41. The maximum atomic E-state index is 13.3. The first kappa shape index (κ1) is 23.8. The molecule has 1 saturated heterocycles. The number of aromatic nitrogens is 1. The quantitative estimate of drug-likeness (QED) is 0.447. The molecule has 1 aliphatic heterocycles. The molecule has 0 atom stereocenters. The number of nitrogens with one attached hydrogen (secondary N) is 1. The van der Waals surface area contributed by atoms with E-state index < -0.39 is 29.4 Å². The standard InChI is InChI=1S/C25H21ClFN3O3S/c1-14-7-8-18(26)11-21(14)30-15(2)9-17(16(30)3)10-22-24(32)29(25(33)34-22)13-23(31)28-20-6-4-5-19(27)12-20/h4-12H,13H2,1-3H3,(H,28,31)/b22-10+. The van der Waals surface area contributed by atoms with Crippen LogP contribution < -0.4 is 5.32 Å². The number of anilines is 1. The fourth-order valence-electron chi connectivity index (χ4n) is 3.82. The van der Waals surface area contributed by atoms with E-state index in [4.69, 9.17) is 11.6 Å². The number of benzene rings is 2. The lowest BCUT2D eigenvalue weighted by molar-refractivity contribution is -0.127. The Hall–Kier alpha value is -3.36. The summed E-state index contributed by atoms with van der Waals surface area (Å²) >= 11 is 6.98. The highest BCUT2D eigenvalue weighted by atomic mass is 35.5. The van der Waals surface area contributed by atoms with E-state index in [1.807, 2.05) is 49.6 Å². The number of nitrogens with zero attached hydrogens (tertiary/aromatic N) is 2. The van der Waals surface area contributed by atoms with Gasteiger partial charge in [0.15, 0.2) is 0 Å². The van der Waals surface area contributed by atoms with Crippen LogP contribution >= 0.6 is 23.4 Å². The van der Waals surface area contributed by atoms with E-state index in [2.05, 4.69) is 5.32 Å². The minimum atomic E-state index is -0.594. The molecule has 1 fully saturated rings. The van der Waals surface area contributed by atoms with Gasteiger partial charge in [-0.3, -0.25) is 19.3 Å². The smallest absolute Gasteiger partial charge is 0.294 e. The molecule has 1 aromatic heterocycles. The van der Waals surface area contributed by atoms with Crippen LogP contribution in [-0.2, 0) is 9.59 Å². The van der Waals surface area contributed by atoms with Crippen LogP contribution in [0.5, 0.6) is 0 Å². The second-order valence-electron chi connectivity index (χ2n) is 7.92. The van der Waals surface area contributed by atoms with Crippen molar-refractivity contribution in [3.8, 4) is 5.69 Å². The van der Waals surface area contributed by atoms with Gasteiger partial charge in [-0.1, -0.05) is 23.7 Å². The van der Waals surface area contributed by atoms with Crippen molar-refractivity contribution < 1.29 is 18.8 Å². The first-order valence-corrected chi connectivity index (χ1v) is 11.6. The predicted molar refractivity (Wildman–Crippen MR) is 133 cm³/mol. The summed E-state index contributed by atoms with van der Waals surface area (Å²) in [4.78, 5) is 38.8. The SMILES string of the molecule is Cc1ccc(Cl)cc1-n1c(C)cc(/C=C2/SC(=O)N(CC(=O)Nc3cccc(F)c3)C2=O)c1C. The highest BCUT2D eigenvalue weighted by Gasteiger charge is 2.36. The van der Waals surface area contributed by atoms with Gasteiger partial charge in [0.1, 0.15) is 12.4 Å². The zero-order valence-electron chi connectivity index (χ0n) is 18.7. The molecule has 0 radical (unpaired) electrons. The van der Waals surface area contributed by atoms with Crippen molar-refractivity contribution in [2.45, 2.75) is 20.8 Å². The summed E-state index contributed by atoms with van der Waals surface area (Å²) in [5.41, 5.74) is 4.84. The van der Waals surface area contributed by atoms with Crippen molar-refractivity contribution in [2.75, 3.05) is 11.9 Å². The fraction of sp³-hybridized carbons (Fsp3) is 0.160. The molecule has 3 amide bonds. The summed E-state index contributed by atoms with van der Waals surface area (Å²) in [6, 6.07) is 13.0. The molecule has 0 saturated carbocycles. The van der Waals surface area contributed by atoms with Crippen LogP contribution in [0.2, 0.25) is 5.02 Å². The lowest BCUT2D eigenvalue weighted by Crippen LogP contribution is -2.36. The molecule has 0 bridgehead atoms. The molecule has 1 aliphatic rings. The van der Waals surface area contributed by atoms with Crippen LogP contribution in [0.15, 0.2) is 53.4 Å². The lowest BCUT2D eigenvalue weighted by Gasteiger charge is -2.13. The number of carbonyl (C=O) groups is 3. The molecular formula is C25H21ClFN3O3S. The highest BCUT2D eigenvalue weighted by molar-refractivity contribution is 8.18. The van der Waals surface area contributed by atoms with Gasteiger partial charge in [-0.15, -0.1) is 0 Å². The normalized spacial score (nSPS) is 14.9. The lowest BCUT2D eigenvalue weighted by atomic mass is 10.2. The Morgan fingerprint density at radius 2 is 1.88 bits per heavy atom. The van der Waals surface area contributed by atoms with Gasteiger partial charge in [0, 0.05) is 27.8 Å². The zero-order valence-corrected chi connectivity index (χ0v) is 20.3. The van der Waals surface area contributed by atoms with E-state index in [1.165, 1.54) is 18.2 Å². The number of amides is 3. The molecule has 34 heavy (non-hydrogen) atoms. The van der Waals surface area contributed by atoms with Crippen molar-refractivity contribution in [2.24, 2.45) is 0 Å². The number of hydrogen-bond donors (Lipinski definition) is 1. The average Bonchev–Trinajstić information content (AvgIpc) is 3.19. The van der Waals surface area contributed by atoms with Crippen molar-refractivity contribution in [3.63, 3.8) is 0 Å². The molecule has 6 nitrogen and oxygen atoms in total. The van der Waals surface area contributed by atoms with Crippen LogP contribution in [0.1, 0.15) is 22.5 Å². The summed E-state index contributed by atoms with van der Waals surface area (Å²) in [5, 5.41) is 2.58. The number of rotatable bonds is 5. The Morgan fingerprint density at radius 3 is 2.62 bits per heavy atom. The molecule has 0 aliphatic carbocycles. The molecule has 2 heterocycles. The second-order valence-corrected chi connectivity index (χ2v) is 9.35. The molecule has 4 rings (SSSR count). The number of thioether (sulfide) groups is 1. The number of imide groups is 1. The molecule has 0 unspecified atom stereocenters. The fourth-order valence-corrected chi connectivity index (χ4v) is 4.81. The molecule has 9 heteroatoms. The molecule has 174 valence electrons. The van der Waals surface area contributed by atoms with Crippen molar-refractivity contribution in [1.82, 2.24) is 9.47 Å². The number of aryl methyl sites for hydroxylation is 2. The third kappa shape index (κ3) is 4.78. The molecule has 2 aromatic carbocycles. The molecular weight excluding hydrogens is 477 g/mol. The first-order valence-electron chi connectivity index (χ1n) is 10.4. The van der Waals surface area contributed by atoms with Crippen LogP contribution in [0.3, 0.4) is 0 Å². The van der Waals surface area contributed by atoms with Gasteiger partial charge in [0.25, 0.3) is 11.1 Å². The number of hydrogen-bond acceptors (Lipinski definition) is 4. The van der Waals surface area contributed by atoms with Crippen LogP contribution in [0.4, 0.5) is 14.9 Å². The van der Waals surface area contributed by atoms with Gasteiger partial charge in [-0.25, -0.2) is 4.39 Å². The third-order valence-corrected chi connectivity index (χ3v) is 6.60. The van der Waals surface area contributed by atoms with Crippen molar-refractivity contribution in [1.29, 1.82) is 0 Å². The van der Waals surface area contributed by atoms with Gasteiger partial charge < -0.3 is 9.88 Å². The van der Waals surface area contributed by atoms with Crippen LogP contribution in [0.25, 0.3) is 11.8 Å². The topological polar surface area (TPSA) is 71.4 Å². The van der Waals surface area contributed by atoms with Gasteiger partial charge >= 0.3 is 0 Å². The highest BCUT2D eigenvalue weighted by Crippen LogP contribution is 2.34. The maximum absolute atomic E-state index is 13.3. The van der Waals surface area contributed by atoms with Gasteiger partial charge in [0.2, 0.25) is 5.91 Å². The minimum absolute atomic E-state index is 0.228. The Bertz CT molecular complexity index is 1370. The Morgan fingerprint density at radius 1 is 1.12 bits per heavy atom. The summed E-state index contributed by atoms with van der Waals surface area (Å²) < 4.78 is 15.4. The minimum Gasteiger partial charge on any atom is -0.324 e. The Kier molecular flexibility index (Phi) is 6.63. The van der Waals surface area contributed by atoms with Crippen molar-refractivity contribution in [3.05, 3.63) is 86.8 Å². The van der Waals surface area contributed by atoms with E-state index in [9.17, 15) is 18.8 Å². The zero-order chi connectivity index (χ0) is 24.6. The Balaban J connectivity index is 1.56. The molecule has 0 spiro atoms. The van der Waals surface area contributed by atoms with Crippen LogP contribution in [-0.4, -0.2) is 33.1 Å². The Labute approximate surface area is 205 Å². The van der Waals surface area contributed by atoms with E-state index in [0.717, 1.165) is 50.9 Å². The summed E-state index contributed by atoms with van der Waals surface area (Å²) in [6.07, 6.45) is 1.66. The van der Waals surface area contributed by atoms with Crippen LogP contribution in [0, 0.1) is 26.6 Å².